The minimum atomic E-state index is 0. The van der Waals surface area contributed by atoms with Crippen molar-refractivity contribution in [1.29, 1.82) is 0 Å². The van der Waals surface area contributed by atoms with Crippen LogP contribution in [-0.2, 0) is 4.79 Å². The topological polar surface area (TPSA) is 44.4 Å². The van der Waals surface area contributed by atoms with E-state index in [1.165, 1.54) is 38.8 Å². The van der Waals surface area contributed by atoms with E-state index < -0.39 is 0 Å². The number of nitrogens with one attached hydrogen (secondary N) is 2. The van der Waals surface area contributed by atoms with E-state index in [1.807, 2.05) is 0 Å². The van der Waals surface area contributed by atoms with E-state index in [0.717, 1.165) is 38.4 Å². The van der Waals surface area contributed by atoms with Crippen molar-refractivity contribution in [3.63, 3.8) is 0 Å². The van der Waals surface area contributed by atoms with Crippen LogP contribution in [0.5, 0.6) is 0 Å². The molecule has 6 heteroatoms. The number of hydrogen-bond donors (Lipinski definition) is 2. The third-order valence-electron chi connectivity index (χ3n) is 4.66. The van der Waals surface area contributed by atoms with Crippen molar-refractivity contribution >= 4 is 30.7 Å². The number of nitrogens with zero attached hydrogens (tertiary/aromatic N) is 1. The van der Waals surface area contributed by atoms with Gasteiger partial charge in [-0.3, -0.25) is 4.79 Å². The summed E-state index contributed by atoms with van der Waals surface area (Å²) < 4.78 is 0. The molecule has 21 heavy (non-hydrogen) atoms. The quantitative estimate of drug-likeness (QED) is 0.805. The highest BCUT2D eigenvalue weighted by molar-refractivity contribution is 5.85. The maximum absolute atomic E-state index is 11.9. The number of piperidine rings is 2. The van der Waals surface area contributed by atoms with Crippen molar-refractivity contribution in [2.45, 2.75) is 38.5 Å². The molecule has 2 rings (SSSR count). The van der Waals surface area contributed by atoms with Gasteiger partial charge in [0.1, 0.15) is 0 Å². The van der Waals surface area contributed by atoms with Crippen molar-refractivity contribution in [1.82, 2.24) is 15.5 Å². The zero-order valence-corrected chi connectivity index (χ0v) is 14.7. The highest BCUT2D eigenvalue weighted by Gasteiger charge is 2.18. The Hall–Kier alpha value is -0.0300. The van der Waals surface area contributed by atoms with Crippen molar-refractivity contribution in [2.24, 2.45) is 11.8 Å². The number of rotatable bonds is 5. The van der Waals surface area contributed by atoms with Gasteiger partial charge >= 0.3 is 0 Å². The van der Waals surface area contributed by atoms with Crippen molar-refractivity contribution in [3.05, 3.63) is 0 Å². The molecule has 1 amide bonds. The fourth-order valence-electron chi connectivity index (χ4n) is 3.12. The molecule has 0 radical (unpaired) electrons. The molecule has 126 valence electrons. The van der Waals surface area contributed by atoms with Gasteiger partial charge < -0.3 is 15.5 Å². The average molecular weight is 340 g/mol. The van der Waals surface area contributed by atoms with E-state index in [-0.39, 0.29) is 30.7 Å². The summed E-state index contributed by atoms with van der Waals surface area (Å²) in [7, 11) is 2.17. The molecule has 2 saturated heterocycles. The van der Waals surface area contributed by atoms with Gasteiger partial charge in [0.05, 0.1) is 0 Å². The van der Waals surface area contributed by atoms with Gasteiger partial charge in [0.2, 0.25) is 5.91 Å². The molecule has 2 heterocycles. The highest BCUT2D eigenvalue weighted by atomic mass is 35.5. The second kappa shape index (κ2) is 11.5. The minimum absolute atomic E-state index is 0. The van der Waals surface area contributed by atoms with Gasteiger partial charge in [-0.1, -0.05) is 0 Å². The number of halogens is 2. The van der Waals surface area contributed by atoms with Gasteiger partial charge in [-0.25, -0.2) is 0 Å². The fourth-order valence-corrected chi connectivity index (χ4v) is 3.12. The lowest BCUT2D eigenvalue weighted by atomic mass is 9.93. The van der Waals surface area contributed by atoms with Gasteiger partial charge in [-0.15, -0.1) is 24.8 Å². The van der Waals surface area contributed by atoms with Crippen LogP contribution in [0.2, 0.25) is 0 Å². The Kier molecular flexibility index (Phi) is 11.5. The van der Waals surface area contributed by atoms with Crippen LogP contribution in [0.1, 0.15) is 38.5 Å². The molecule has 0 bridgehead atoms. The van der Waals surface area contributed by atoms with Gasteiger partial charge in [0, 0.05) is 13.0 Å². The molecule has 4 nitrogen and oxygen atoms in total. The fraction of sp³-hybridized carbons (Fsp3) is 0.933. The number of likely N-dealkylation sites (tertiary alicyclic amines) is 1. The Morgan fingerprint density at radius 1 is 1.10 bits per heavy atom. The molecule has 0 unspecified atom stereocenters. The molecular weight excluding hydrogens is 309 g/mol. The SMILES string of the molecule is CN1CCC(CNC(=O)CCC2CCNCC2)CC1.Cl.Cl. The Labute approximate surface area is 141 Å². The molecule has 0 aliphatic carbocycles. The van der Waals surface area contributed by atoms with Crippen LogP contribution in [-0.4, -0.2) is 50.6 Å². The van der Waals surface area contributed by atoms with Gasteiger partial charge in [-0.2, -0.15) is 0 Å². The number of carbonyl (C=O) groups excluding carboxylic acids is 1. The summed E-state index contributed by atoms with van der Waals surface area (Å²) in [6.07, 6.45) is 6.72. The Morgan fingerprint density at radius 3 is 2.33 bits per heavy atom. The Bertz CT molecular complexity index is 278. The number of carbonyl (C=O) groups is 1. The summed E-state index contributed by atoms with van der Waals surface area (Å²) in [6.45, 7) is 5.49. The molecule has 0 spiro atoms. The van der Waals surface area contributed by atoms with E-state index in [1.54, 1.807) is 0 Å². The molecule has 0 aromatic rings. The lowest BCUT2D eigenvalue weighted by Crippen LogP contribution is -2.37. The lowest BCUT2D eigenvalue weighted by molar-refractivity contribution is -0.121. The monoisotopic (exact) mass is 339 g/mol. The van der Waals surface area contributed by atoms with E-state index in [2.05, 4.69) is 22.6 Å². The largest absolute Gasteiger partial charge is 0.356 e. The van der Waals surface area contributed by atoms with Crippen LogP contribution in [0.15, 0.2) is 0 Å². The Morgan fingerprint density at radius 2 is 1.71 bits per heavy atom. The molecular formula is C15H31Cl2N3O. The Balaban J connectivity index is 0.00000200. The van der Waals surface area contributed by atoms with E-state index >= 15 is 0 Å². The normalized spacial score (nSPS) is 21.2. The van der Waals surface area contributed by atoms with Crippen LogP contribution in [0.25, 0.3) is 0 Å². The standard InChI is InChI=1S/C15H29N3O.2ClH/c1-18-10-6-14(7-11-18)12-17-15(19)3-2-13-4-8-16-9-5-13;;/h13-14,16H,2-12H2,1H3,(H,17,19);2*1H. The van der Waals surface area contributed by atoms with E-state index in [9.17, 15) is 4.79 Å². The minimum Gasteiger partial charge on any atom is -0.356 e. The maximum atomic E-state index is 11.9. The predicted molar refractivity (Wildman–Crippen MR) is 92.6 cm³/mol. The molecule has 0 atom stereocenters. The predicted octanol–water partition coefficient (Wildman–Crippen LogP) is 2.07. The molecule has 2 aliphatic rings. The summed E-state index contributed by atoms with van der Waals surface area (Å²) in [5, 5.41) is 6.50. The van der Waals surface area contributed by atoms with Gasteiger partial charge in [-0.05, 0) is 77.2 Å². The summed E-state index contributed by atoms with van der Waals surface area (Å²) >= 11 is 0. The third kappa shape index (κ3) is 8.24. The zero-order valence-electron chi connectivity index (χ0n) is 13.1. The van der Waals surface area contributed by atoms with Gasteiger partial charge in [0.15, 0.2) is 0 Å². The van der Waals surface area contributed by atoms with Crippen LogP contribution in [0, 0.1) is 11.8 Å². The first-order chi connectivity index (χ1) is 9.24. The molecule has 2 aliphatic heterocycles. The smallest absolute Gasteiger partial charge is 0.220 e. The molecule has 0 aromatic heterocycles. The van der Waals surface area contributed by atoms with Crippen LogP contribution < -0.4 is 10.6 Å². The molecule has 0 aromatic carbocycles. The summed E-state index contributed by atoms with van der Waals surface area (Å²) in [5.41, 5.74) is 0. The number of hydrogen-bond acceptors (Lipinski definition) is 3. The first-order valence-corrected chi connectivity index (χ1v) is 7.90. The zero-order chi connectivity index (χ0) is 13.5. The van der Waals surface area contributed by atoms with Crippen molar-refractivity contribution < 1.29 is 4.79 Å². The van der Waals surface area contributed by atoms with Crippen LogP contribution in [0.4, 0.5) is 0 Å². The lowest BCUT2D eigenvalue weighted by Gasteiger charge is -2.29. The summed E-state index contributed by atoms with van der Waals surface area (Å²) in [5.74, 6) is 1.71. The average Bonchev–Trinajstić information content (AvgIpc) is 2.45. The van der Waals surface area contributed by atoms with Gasteiger partial charge in [0.25, 0.3) is 0 Å². The second-order valence-corrected chi connectivity index (χ2v) is 6.28. The van der Waals surface area contributed by atoms with E-state index in [4.69, 9.17) is 0 Å². The van der Waals surface area contributed by atoms with Crippen LogP contribution >= 0.6 is 24.8 Å². The summed E-state index contributed by atoms with van der Waals surface area (Å²) in [6, 6.07) is 0. The number of amides is 1. The first kappa shape index (κ1) is 21.0. The highest BCUT2D eigenvalue weighted by Crippen LogP contribution is 2.18. The third-order valence-corrected chi connectivity index (χ3v) is 4.66. The van der Waals surface area contributed by atoms with E-state index in [0.29, 0.717) is 5.92 Å². The van der Waals surface area contributed by atoms with Crippen molar-refractivity contribution in [2.75, 3.05) is 39.8 Å². The molecule has 2 N–H and O–H groups in total. The maximum Gasteiger partial charge on any atom is 0.220 e. The van der Waals surface area contributed by atoms with Crippen molar-refractivity contribution in [3.8, 4) is 0 Å². The molecule has 2 fully saturated rings. The van der Waals surface area contributed by atoms with Crippen LogP contribution in [0.3, 0.4) is 0 Å². The second-order valence-electron chi connectivity index (χ2n) is 6.28. The summed E-state index contributed by atoms with van der Waals surface area (Å²) in [4.78, 5) is 14.2. The first-order valence-electron chi connectivity index (χ1n) is 7.90. The molecule has 0 saturated carbocycles.